The number of amides is 2. The summed E-state index contributed by atoms with van der Waals surface area (Å²) < 4.78 is 5.15. The Morgan fingerprint density at radius 1 is 1.19 bits per heavy atom. The second-order valence-corrected chi connectivity index (χ2v) is 6.28. The van der Waals surface area contributed by atoms with Gasteiger partial charge >= 0.3 is 0 Å². The van der Waals surface area contributed by atoms with Crippen LogP contribution in [0.25, 0.3) is 0 Å². The third kappa shape index (κ3) is 4.01. The van der Waals surface area contributed by atoms with E-state index in [9.17, 15) is 9.59 Å². The predicted octanol–water partition coefficient (Wildman–Crippen LogP) is 1.88. The summed E-state index contributed by atoms with van der Waals surface area (Å²) in [5.74, 6) is 0.479. The molecule has 0 radical (unpaired) electrons. The Balaban J connectivity index is 1.60. The van der Waals surface area contributed by atoms with Crippen molar-refractivity contribution in [2.24, 2.45) is 0 Å². The molecule has 1 unspecified atom stereocenters. The van der Waals surface area contributed by atoms with Crippen molar-refractivity contribution in [3.8, 4) is 0 Å². The molecule has 1 N–H and O–H groups in total. The summed E-state index contributed by atoms with van der Waals surface area (Å²) in [4.78, 5) is 36.9. The van der Waals surface area contributed by atoms with Crippen LogP contribution in [0.4, 0.5) is 5.95 Å². The zero-order valence-electron chi connectivity index (χ0n) is 15.0. The number of rotatable bonds is 5. The number of nitrogens with zero attached hydrogens (tertiary/aromatic N) is 4. The van der Waals surface area contributed by atoms with Crippen LogP contribution < -0.4 is 5.32 Å². The first kappa shape index (κ1) is 17.9. The molecular weight excluding hydrogens is 334 g/mol. The van der Waals surface area contributed by atoms with E-state index in [1.165, 1.54) is 6.26 Å². The van der Waals surface area contributed by atoms with E-state index in [0.717, 1.165) is 6.42 Å². The molecule has 8 nitrogen and oxygen atoms in total. The van der Waals surface area contributed by atoms with Gasteiger partial charge in [-0.2, -0.15) is 0 Å². The molecule has 1 fully saturated rings. The molecule has 1 saturated heterocycles. The Morgan fingerprint density at radius 3 is 2.50 bits per heavy atom. The summed E-state index contributed by atoms with van der Waals surface area (Å²) in [6.07, 6.45) is 4.00. The molecule has 2 amide bonds. The van der Waals surface area contributed by atoms with Crippen LogP contribution >= 0.6 is 0 Å². The molecule has 8 heteroatoms. The van der Waals surface area contributed by atoms with Crippen LogP contribution in [0.2, 0.25) is 0 Å². The summed E-state index contributed by atoms with van der Waals surface area (Å²) in [7, 11) is 0. The van der Waals surface area contributed by atoms with Gasteiger partial charge in [0.1, 0.15) is 5.69 Å². The van der Waals surface area contributed by atoms with Crippen molar-refractivity contribution in [3.63, 3.8) is 0 Å². The van der Waals surface area contributed by atoms with Crippen LogP contribution in [0.1, 0.15) is 41.3 Å². The second-order valence-electron chi connectivity index (χ2n) is 6.28. The molecule has 1 aliphatic heterocycles. The Morgan fingerprint density at radius 2 is 1.88 bits per heavy atom. The first-order valence-corrected chi connectivity index (χ1v) is 8.80. The highest BCUT2D eigenvalue weighted by Gasteiger charge is 2.27. The van der Waals surface area contributed by atoms with Crippen LogP contribution in [0, 0.1) is 0 Å². The van der Waals surface area contributed by atoms with E-state index >= 15 is 0 Å². The summed E-state index contributed by atoms with van der Waals surface area (Å²) in [6.45, 7) is 5.96. The van der Waals surface area contributed by atoms with Crippen LogP contribution in [-0.2, 0) is 0 Å². The molecule has 0 aromatic carbocycles. The van der Waals surface area contributed by atoms with Gasteiger partial charge in [0.15, 0.2) is 5.76 Å². The number of hydrogen-bond acceptors (Lipinski definition) is 6. The first-order valence-electron chi connectivity index (χ1n) is 8.80. The molecule has 0 spiro atoms. The predicted molar refractivity (Wildman–Crippen MR) is 95.9 cm³/mol. The van der Waals surface area contributed by atoms with Gasteiger partial charge in [-0.05, 0) is 31.5 Å². The van der Waals surface area contributed by atoms with E-state index in [1.54, 1.807) is 34.2 Å². The van der Waals surface area contributed by atoms with Gasteiger partial charge < -0.3 is 19.5 Å². The average Bonchev–Trinajstić information content (AvgIpc) is 3.22. The fourth-order valence-electron chi connectivity index (χ4n) is 2.70. The number of piperazine rings is 1. The number of carbonyl (C=O) groups is 2. The summed E-state index contributed by atoms with van der Waals surface area (Å²) in [5, 5.41) is 3.17. The minimum Gasteiger partial charge on any atom is -0.459 e. The lowest BCUT2D eigenvalue weighted by Crippen LogP contribution is -2.50. The van der Waals surface area contributed by atoms with Crippen molar-refractivity contribution in [3.05, 3.63) is 42.1 Å². The molecule has 26 heavy (non-hydrogen) atoms. The van der Waals surface area contributed by atoms with E-state index < -0.39 is 0 Å². The van der Waals surface area contributed by atoms with Crippen LogP contribution in [-0.4, -0.2) is 63.8 Å². The maximum absolute atomic E-state index is 12.7. The van der Waals surface area contributed by atoms with E-state index in [0.29, 0.717) is 43.6 Å². The van der Waals surface area contributed by atoms with E-state index in [2.05, 4.69) is 22.2 Å². The van der Waals surface area contributed by atoms with E-state index in [-0.39, 0.29) is 17.9 Å². The number of hydrogen-bond donors (Lipinski definition) is 1. The number of furan rings is 1. The van der Waals surface area contributed by atoms with Crippen molar-refractivity contribution in [2.45, 2.75) is 26.3 Å². The van der Waals surface area contributed by atoms with Crippen molar-refractivity contribution in [1.82, 2.24) is 19.8 Å². The topological polar surface area (TPSA) is 91.6 Å². The lowest BCUT2D eigenvalue weighted by molar-refractivity contribution is 0.0515. The van der Waals surface area contributed by atoms with Gasteiger partial charge in [0, 0.05) is 38.4 Å². The minimum absolute atomic E-state index is 0.148. The normalized spacial score (nSPS) is 15.6. The molecule has 2 aromatic heterocycles. The van der Waals surface area contributed by atoms with Crippen LogP contribution in [0.5, 0.6) is 0 Å². The molecule has 0 aliphatic carbocycles. The number of nitrogens with one attached hydrogen (secondary N) is 1. The first-order chi connectivity index (χ1) is 12.6. The lowest BCUT2D eigenvalue weighted by Gasteiger charge is -2.34. The molecule has 0 bridgehead atoms. The highest BCUT2D eigenvalue weighted by molar-refractivity contribution is 5.93. The number of anilines is 1. The molecular formula is C18H23N5O3. The highest BCUT2D eigenvalue weighted by atomic mass is 16.3. The van der Waals surface area contributed by atoms with Gasteiger partial charge in [-0.25, -0.2) is 9.97 Å². The zero-order chi connectivity index (χ0) is 18.5. The molecule has 3 heterocycles. The lowest BCUT2D eigenvalue weighted by atomic mass is 10.2. The summed E-state index contributed by atoms with van der Waals surface area (Å²) in [5.41, 5.74) is 0.358. The average molecular weight is 357 g/mol. The Hall–Kier alpha value is -2.90. The summed E-state index contributed by atoms with van der Waals surface area (Å²) >= 11 is 0. The Bertz CT molecular complexity index is 754. The maximum Gasteiger partial charge on any atom is 0.289 e. The molecule has 2 aromatic rings. The van der Waals surface area contributed by atoms with Gasteiger partial charge in [-0.15, -0.1) is 0 Å². The van der Waals surface area contributed by atoms with Crippen LogP contribution in [0.15, 0.2) is 35.1 Å². The van der Waals surface area contributed by atoms with Crippen molar-refractivity contribution >= 4 is 17.8 Å². The third-order valence-electron chi connectivity index (χ3n) is 4.45. The van der Waals surface area contributed by atoms with Crippen molar-refractivity contribution in [2.75, 3.05) is 31.5 Å². The van der Waals surface area contributed by atoms with E-state index in [4.69, 9.17) is 4.42 Å². The fourth-order valence-corrected chi connectivity index (χ4v) is 2.70. The summed E-state index contributed by atoms with van der Waals surface area (Å²) in [6, 6.07) is 5.18. The van der Waals surface area contributed by atoms with Crippen molar-refractivity contribution < 1.29 is 14.0 Å². The highest BCUT2D eigenvalue weighted by Crippen LogP contribution is 2.12. The van der Waals surface area contributed by atoms with Crippen molar-refractivity contribution in [1.29, 1.82) is 0 Å². The Labute approximate surface area is 152 Å². The van der Waals surface area contributed by atoms with Gasteiger partial charge in [-0.1, -0.05) is 6.92 Å². The van der Waals surface area contributed by atoms with Gasteiger partial charge in [0.25, 0.3) is 11.8 Å². The zero-order valence-corrected chi connectivity index (χ0v) is 15.0. The fraction of sp³-hybridized carbons (Fsp3) is 0.444. The molecule has 3 rings (SSSR count). The molecule has 1 atom stereocenters. The van der Waals surface area contributed by atoms with Crippen LogP contribution in [0.3, 0.4) is 0 Å². The largest absolute Gasteiger partial charge is 0.459 e. The molecule has 1 aliphatic rings. The second kappa shape index (κ2) is 7.99. The monoisotopic (exact) mass is 357 g/mol. The van der Waals surface area contributed by atoms with E-state index in [1.807, 2.05) is 6.92 Å². The maximum atomic E-state index is 12.7. The third-order valence-corrected chi connectivity index (χ3v) is 4.45. The van der Waals surface area contributed by atoms with Gasteiger partial charge in [-0.3, -0.25) is 9.59 Å². The Kier molecular flexibility index (Phi) is 5.50. The standard InChI is InChI=1S/C18H23N5O3/c1-3-13(2)20-18-19-7-6-14(21-18)16(24)22-8-10-23(11-9-22)17(25)15-5-4-12-26-15/h4-7,12-13H,3,8-11H2,1-2H3,(H,19,20,21). The number of carbonyl (C=O) groups excluding carboxylic acids is 2. The molecule has 138 valence electrons. The van der Waals surface area contributed by atoms with Gasteiger partial charge in [0.2, 0.25) is 5.95 Å². The number of aromatic nitrogens is 2. The smallest absolute Gasteiger partial charge is 0.289 e. The minimum atomic E-state index is -0.149. The SMILES string of the molecule is CCC(C)Nc1nccc(C(=O)N2CCN(C(=O)c3ccco3)CC2)n1. The van der Waals surface area contributed by atoms with Gasteiger partial charge in [0.05, 0.1) is 6.26 Å². The quantitative estimate of drug-likeness (QED) is 0.878. The molecule has 0 saturated carbocycles.